The van der Waals surface area contributed by atoms with Crippen LogP contribution in [-0.4, -0.2) is 198 Å². The molecule has 8 rings (SSSR count). The standard InChI is InChI=1S/C44H74O19/c1-18(15-57-40-37(54)34(51)32(49)28(14-45)61-40)7-10-44(56)19(2)30-27(63-44)12-23-21-6-5-20-11-26(24(46)13-43(20,4)22(21)8-9-42(23,30)3)60-41-38(55)35(52)33(50)29(62-41)17-59-39-36(53)31(48)25(47)16-58-39/h18-41,45-56H,5-17H2,1-4H3/t18-,19+,20?,21-,22+,23+,24-,25-,26-,27+,28-,29-,30+,31+,32-,33-,34+,35+,36-,37-,38-,39+,40-,41-,42+,43+,44-/m1/s1. The highest BCUT2D eigenvalue weighted by Gasteiger charge is 2.69. The monoisotopic (exact) mass is 906 g/mol. The van der Waals surface area contributed by atoms with Crippen LogP contribution in [0.3, 0.4) is 0 Å². The number of ether oxygens (including phenoxy) is 7. The molecule has 8 fully saturated rings. The first-order valence-electron chi connectivity index (χ1n) is 23.3. The van der Waals surface area contributed by atoms with Crippen molar-refractivity contribution in [2.24, 2.45) is 52.3 Å². The van der Waals surface area contributed by atoms with Crippen molar-refractivity contribution in [3.8, 4) is 0 Å². The summed E-state index contributed by atoms with van der Waals surface area (Å²) >= 11 is 0. The fourth-order valence-electron chi connectivity index (χ4n) is 13.8. The minimum absolute atomic E-state index is 0.0436. The lowest BCUT2D eigenvalue weighted by Gasteiger charge is -2.62. The topological polar surface area (TPSA) is 307 Å². The molecular weight excluding hydrogens is 832 g/mol. The van der Waals surface area contributed by atoms with Gasteiger partial charge >= 0.3 is 0 Å². The molecule has 4 aliphatic heterocycles. The first-order chi connectivity index (χ1) is 29.7. The summed E-state index contributed by atoms with van der Waals surface area (Å²) in [5, 5.41) is 126. The molecule has 0 aromatic carbocycles. The lowest BCUT2D eigenvalue weighted by molar-refractivity contribution is -0.336. The molecule has 4 saturated carbocycles. The largest absolute Gasteiger partial charge is 0.394 e. The van der Waals surface area contributed by atoms with E-state index in [1.54, 1.807) is 0 Å². The van der Waals surface area contributed by atoms with Gasteiger partial charge in [-0.25, -0.2) is 0 Å². The van der Waals surface area contributed by atoms with E-state index < -0.39 is 117 Å². The van der Waals surface area contributed by atoms with Crippen LogP contribution in [0.2, 0.25) is 0 Å². The number of fused-ring (bicyclic) bond motifs is 7. The molecule has 0 amide bonds. The molecule has 12 N–H and O–H groups in total. The Balaban J connectivity index is 0.848. The Bertz CT molecular complexity index is 1550. The third-order valence-corrected chi connectivity index (χ3v) is 17.6. The van der Waals surface area contributed by atoms with Crippen LogP contribution in [0.5, 0.6) is 0 Å². The first kappa shape index (κ1) is 48.7. The molecule has 8 aliphatic rings. The molecule has 4 aliphatic carbocycles. The normalized spacial score (nSPS) is 56.3. The van der Waals surface area contributed by atoms with Crippen molar-refractivity contribution in [2.45, 2.75) is 196 Å². The summed E-state index contributed by atoms with van der Waals surface area (Å²) in [6.45, 7) is 7.67. The second-order valence-corrected chi connectivity index (χ2v) is 21.2. The van der Waals surface area contributed by atoms with E-state index in [9.17, 15) is 61.3 Å². The molecule has 19 heteroatoms. The van der Waals surface area contributed by atoms with Gasteiger partial charge in [0.05, 0.1) is 44.7 Å². The molecule has 364 valence electrons. The molecular formula is C44H74O19. The number of aliphatic hydroxyl groups is 12. The summed E-state index contributed by atoms with van der Waals surface area (Å²) < 4.78 is 40.9. The molecule has 0 bridgehead atoms. The van der Waals surface area contributed by atoms with Gasteiger partial charge in [-0.15, -0.1) is 0 Å². The summed E-state index contributed by atoms with van der Waals surface area (Å²) in [6, 6.07) is 0. The van der Waals surface area contributed by atoms with Gasteiger partial charge in [-0.2, -0.15) is 0 Å². The van der Waals surface area contributed by atoms with Crippen LogP contribution in [0.25, 0.3) is 0 Å². The maximum Gasteiger partial charge on any atom is 0.187 e. The third-order valence-electron chi connectivity index (χ3n) is 17.6. The maximum atomic E-state index is 12.0. The van der Waals surface area contributed by atoms with Gasteiger partial charge in [0.25, 0.3) is 0 Å². The van der Waals surface area contributed by atoms with Gasteiger partial charge < -0.3 is 94.4 Å². The van der Waals surface area contributed by atoms with Crippen molar-refractivity contribution in [3.05, 3.63) is 0 Å². The predicted molar refractivity (Wildman–Crippen MR) is 214 cm³/mol. The van der Waals surface area contributed by atoms with Gasteiger partial charge in [0.1, 0.15) is 67.1 Å². The van der Waals surface area contributed by atoms with Gasteiger partial charge in [0, 0.05) is 12.3 Å². The van der Waals surface area contributed by atoms with E-state index in [1.165, 1.54) is 0 Å². The van der Waals surface area contributed by atoms with E-state index in [2.05, 4.69) is 20.8 Å². The van der Waals surface area contributed by atoms with Gasteiger partial charge in [0.15, 0.2) is 24.7 Å². The SMILES string of the molecule is C[C@H](CC[C@@]1(O)O[C@H]2C[C@H]3[C@@H]4CCC5C[C@@H](O[C@@H]6O[C@H](CO[C@@H]7OC[C@@H](O)[C@H](O)[C@H]7O)[C@@H](O)[C@H](O)[C@H]6O)[C@H](O)C[C@]5(C)[C@H]4CC[C@]3(C)[C@H]2[C@@H]1C)CO[C@@H]1O[C@H](CO)[C@@H](O)[C@H](O)[C@H]1O. The van der Waals surface area contributed by atoms with E-state index in [0.29, 0.717) is 43.4 Å². The van der Waals surface area contributed by atoms with Gasteiger partial charge in [-0.1, -0.05) is 27.7 Å². The van der Waals surface area contributed by atoms with E-state index >= 15 is 0 Å². The van der Waals surface area contributed by atoms with Crippen molar-refractivity contribution in [2.75, 3.05) is 26.4 Å². The van der Waals surface area contributed by atoms with Crippen LogP contribution in [0.1, 0.15) is 85.5 Å². The highest BCUT2D eigenvalue weighted by molar-refractivity contribution is 5.15. The summed E-state index contributed by atoms with van der Waals surface area (Å²) in [7, 11) is 0. The highest BCUT2D eigenvalue weighted by Crippen LogP contribution is 2.71. The number of hydrogen-bond donors (Lipinski definition) is 12. The quantitative estimate of drug-likeness (QED) is 0.0928. The van der Waals surface area contributed by atoms with E-state index in [1.807, 2.05) is 6.92 Å². The third kappa shape index (κ3) is 8.69. The van der Waals surface area contributed by atoms with Crippen molar-refractivity contribution in [1.82, 2.24) is 0 Å². The van der Waals surface area contributed by atoms with E-state index in [0.717, 1.165) is 32.1 Å². The van der Waals surface area contributed by atoms with Crippen molar-refractivity contribution in [3.63, 3.8) is 0 Å². The van der Waals surface area contributed by atoms with E-state index in [4.69, 9.17) is 33.2 Å². The van der Waals surface area contributed by atoms with Crippen LogP contribution in [-0.2, 0) is 33.2 Å². The van der Waals surface area contributed by atoms with Gasteiger partial charge in [-0.05, 0) is 97.7 Å². The van der Waals surface area contributed by atoms with Crippen LogP contribution < -0.4 is 0 Å². The molecule has 0 radical (unpaired) electrons. The molecule has 1 unspecified atom stereocenters. The van der Waals surface area contributed by atoms with Crippen LogP contribution in [0, 0.1) is 52.3 Å². The zero-order valence-corrected chi connectivity index (χ0v) is 36.8. The Morgan fingerprint density at radius 3 is 2.08 bits per heavy atom. The Labute approximate surface area is 368 Å². The van der Waals surface area contributed by atoms with Gasteiger partial charge in [-0.3, -0.25) is 0 Å². The number of rotatable bonds is 12. The lowest BCUT2D eigenvalue weighted by Crippen LogP contribution is -2.62. The zero-order chi connectivity index (χ0) is 45.5. The Morgan fingerprint density at radius 1 is 0.698 bits per heavy atom. The Morgan fingerprint density at radius 2 is 1.37 bits per heavy atom. The molecule has 4 heterocycles. The van der Waals surface area contributed by atoms with Crippen LogP contribution in [0.4, 0.5) is 0 Å². The van der Waals surface area contributed by atoms with Crippen LogP contribution >= 0.6 is 0 Å². The molecule has 4 saturated heterocycles. The number of hydrogen-bond acceptors (Lipinski definition) is 19. The Kier molecular flexibility index (Phi) is 14.4. The number of aliphatic hydroxyl groups excluding tert-OH is 11. The van der Waals surface area contributed by atoms with Crippen molar-refractivity contribution >= 4 is 0 Å². The molecule has 0 aromatic heterocycles. The molecule has 0 spiro atoms. The van der Waals surface area contributed by atoms with E-state index in [-0.39, 0.29) is 53.8 Å². The molecule has 27 atom stereocenters. The fraction of sp³-hybridized carbons (Fsp3) is 1.00. The molecule has 63 heavy (non-hydrogen) atoms. The first-order valence-corrected chi connectivity index (χ1v) is 23.3. The average molecular weight is 907 g/mol. The lowest BCUT2D eigenvalue weighted by atomic mass is 9.44. The average Bonchev–Trinajstić information content (AvgIpc) is 3.69. The predicted octanol–water partition coefficient (Wildman–Crippen LogP) is -2.17. The summed E-state index contributed by atoms with van der Waals surface area (Å²) in [5.41, 5.74) is -0.225. The smallest absolute Gasteiger partial charge is 0.187 e. The van der Waals surface area contributed by atoms with Crippen LogP contribution in [0.15, 0.2) is 0 Å². The maximum absolute atomic E-state index is 12.0. The molecule has 0 aromatic rings. The fourth-order valence-corrected chi connectivity index (χ4v) is 13.8. The summed E-state index contributed by atoms with van der Waals surface area (Å²) in [6.07, 6.45) is -14.9. The second-order valence-electron chi connectivity index (χ2n) is 21.2. The van der Waals surface area contributed by atoms with Crippen molar-refractivity contribution < 1.29 is 94.4 Å². The minimum Gasteiger partial charge on any atom is -0.394 e. The second kappa shape index (κ2) is 18.6. The summed E-state index contributed by atoms with van der Waals surface area (Å²) in [4.78, 5) is 0. The van der Waals surface area contributed by atoms with Crippen molar-refractivity contribution in [1.29, 1.82) is 0 Å². The Hall–Kier alpha value is -0.760. The molecule has 19 nitrogen and oxygen atoms in total. The van der Waals surface area contributed by atoms with Gasteiger partial charge in [0.2, 0.25) is 0 Å². The highest BCUT2D eigenvalue weighted by atomic mass is 16.7. The minimum atomic E-state index is -1.66. The summed E-state index contributed by atoms with van der Waals surface area (Å²) in [5.74, 6) is 0.0396. The zero-order valence-electron chi connectivity index (χ0n) is 36.8.